The van der Waals surface area contributed by atoms with Gasteiger partial charge in [-0.1, -0.05) is 18.2 Å². The second-order valence-electron chi connectivity index (χ2n) is 2.55. The fourth-order valence-electron chi connectivity index (χ4n) is 1.03. The molecule has 3 heteroatoms. The fourth-order valence-corrected chi connectivity index (χ4v) is 1.34. The number of hydrogen-bond donors (Lipinski definition) is 1. The number of nitrogens with zero attached hydrogens (tertiary/aromatic N) is 1. The molecule has 0 aliphatic rings. The van der Waals surface area contributed by atoms with Gasteiger partial charge in [-0.25, -0.2) is 4.98 Å². The van der Waals surface area contributed by atoms with Gasteiger partial charge in [0.25, 0.3) is 0 Å². The average Bonchev–Trinajstić information content (AvgIpc) is 2.03. The molecule has 0 saturated carbocycles. The van der Waals surface area contributed by atoms with Crippen LogP contribution in [0.25, 0.3) is 5.57 Å². The maximum Gasteiger partial charge on any atom is 0.134 e. The normalized spacial score (nSPS) is 9.58. The van der Waals surface area contributed by atoms with Crippen molar-refractivity contribution in [2.75, 3.05) is 12.4 Å². The lowest BCUT2D eigenvalue weighted by Crippen LogP contribution is -1.97. The molecular weight excluding hydrogens is 172 g/mol. The lowest BCUT2D eigenvalue weighted by Gasteiger charge is -2.08. The van der Waals surface area contributed by atoms with Crippen molar-refractivity contribution in [2.24, 2.45) is 0 Å². The van der Waals surface area contributed by atoms with Crippen LogP contribution in [-0.4, -0.2) is 12.0 Å². The number of anilines is 1. The van der Waals surface area contributed by atoms with Crippen molar-refractivity contribution in [1.82, 2.24) is 4.98 Å². The first kappa shape index (κ1) is 9.07. The Morgan fingerprint density at radius 1 is 1.67 bits per heavy atom. The first-order valence-corrected chi connectivity index (χ1v) is 4.02. The van der Waals surface area contributed by atoms with Crippen molar-refractivity contribution < 1.29 is 0 Å². The number of halogens is 1. The van der Waals surface area contributed by atoms with Crippen LogP contribution < -0.4 is 5.32 Å². The Labute approximate surface area is 77.3 Å². The Morgan fingerprint density at radius 3 is 2.75 bits per heavy atom. The van der Waals surface area contributed by atoms with E-state index in [1.807, 2.05) is 14.0 Å². The molecule has 0 aliphatic heterocycles. The lowest BCUT2D eigenvalue weighted by molar-refractivity contribution is 1.27. The van der Waals surface area contributed by atoms with Gasteiger partial charge in [-0.05, 0) is 18.6 Å². The number of allylic oxidation sites excluding steroid dienone is 1. The Morgan fingerprint density at radius 2 is 2.33 bits per heavy atom. The van der Waals surface area contributed by atoms with E-state index in [-0.39, 0.29) is 0 Å². The van der Waals surface area contributed by atoms with Gasteiger partial charge in [-0.15, -0.1) is 0 Å². The molecule has 0 aromatic carbocycles. The van der Waals surface area contributed by atoms with Crippen LogP contribution in [0, 0.1) is 0 Å². The fraction of sp³-hybridized carbons (Fsp3) is 0.222. The molecule has 0 atom stereocenters. The SMILES string of the molecule is C=C(C)c1c(Cl)ccnc1NC. The molecule has 64 valence electrons. The van der Waals surface area contributed by atoms with Crippen LogP contribution in [-0.2, 0) is 0 Å². The first-order chi connectivity index (χ1) is 5.66. The van der Waals surface area contributed by atoms with Crippen molar-refractivity contribution in [3.05, 3.63) is 29.4 Å². The van der Waals surface area contributed by atoms with E-state index in [2.05, 4.69) is 16.9 Å². The third-order valence-corrected chi connectivity index (χ3v) is 1.88. The monoisotopic (exact) mass is 182 g/mol. The van der Waals surface area contributed by atoms with Crippen LogP contribution in [0.2, 0.25) is 5.02 Å². The zero-order valence-corrected chi connectivity index (χ0v) is 7.94. The summed E-state index contributed by atoms with van der Waals surface area (Å²) in [6.45, 7) is 5.74. The molecule has 12 heavy (non-hydrogen) atoms. The summed E-state index contributed by atoms with van der Waals surface area (Å²) in [7, 11) is 1.81. The molecule has 1 rings (SSSR count). The van der Waals surface area contributed by atoms with Gasteiger partial charge in [0.2, 0.25) is 0 Å². The van der Waals surface area contributed by atoms with E-state index in [1.54, 1.807) is 12.3 Å². The van der Waals surface area contributed by atoms with Crippen LogP contribution in [0.4, 0.5) is 5.82 Å². The summed E-state index contributed by atoms with van der Waals surface area (Å²) in [4.78, 5) is 4.12. The van der Waals surface area contributed by atoms with E-state index in [1.165, 1.54) is 0 Å². The van der Waals surface area contributed by atoms with Crippen molar-refractivity contribution in [3.63, 3.8) is 0 Å². The summed E-state index contributed by atoms with van der Waals surface area (Å²) < 4.78 is 0. The molecule has 0 unspecified atom stereocenters. The minimum absolute atomic E-state index is 0.682. The largest absolute Gasteiger partial charge is 0.373 e. The molecule has 1 heterocycles. The van der Waals surface area contributed by atoms with Gasteiger partial charge in [0.05, 0.1) is 5.02 Å². The quantitative estimate of drug-likeness (QED) is 0.761. The highest BCUT2D eigenvalue weighted by molar-refractivity contribution is 6.32. The summed E-state index contributed by atoms with van der Waals surface area (Å²) >= 11 is 5.96. The Bertz CT molecular complexity index is 307. The lowest BCUT2D eigenvalue weighted by atomic mass is 10.1. The van der Waals surface area contributed by atoms with Crippen LogP contribution in [0.3, 0.4) is 0 Å². The molecule has 1 aromatic rings. The smallest absolute Gasteiger partial charge is 0.134 e. The highest BCUT2D eigenvalue weighted by atomic mass is 35.5. The zero-order chi connectivity index (χ0) is 9.14. The van der Waals surface area contributed by atoms with Crippen LogP contribution in [0.15, 0.2) is 18.8 Å². The average molecular weight is 183 g/mol. The van der Waals surface area contributed by atoms with E-state index < -0.39 is 0 Å². The van der Waals surface area contributed by atoms with Gasteiger partial charge in [-0.2, -0.15) is 0 Å². The van der Waals surface area contributed by atoms with Crippen LogP contribution >= 0.6 is 11.6 Å². The Balaban J connectivity index is 3.29. The highest BCUT2D eigenvalue weighted by Crippen LogP contribution is 2.27. The molecule has 0 fully saturated rings. The molecule has 0 amide bonds. The number of nitrogens with one attached hydrogen (secondary N) is 1. The molecule has 1 aromatic heterocycles. The minimum Gasteiger partial charge on any atom is -0.373 e. The predicted molar refractivity (Wildman–Crippen MR) is 53.5 cm³/mol. The van der Waals surface area contributed by atoms with Crippen LogP contribution in [0.5, 0.6) is 0 Å². The molecule has 0 spiro atoms. The third kappa shape index (κ3) is 1.59. The molecule has 2 nitrogen and oxygen atoms in total. The topological polar surface area (TPSA) is 24.9 Å². The summed E-state index contributed by atoms with van der Waals surface area (Å²) in [6, 6.07) is 1.76. The van der Waals surface area contributed by atoms with E-state index in [4.69, 9.17) is 11.6 Å². The number of aromatic nitrogens is 1. The molecular formula is C9H11ClN2. The van der Waals surface area contributed by atoms with Crippen molar-refractivity contribution in [3.8, 4) is 0 Å². The number of hydrogen-bond acceptors (Lipinski definition) is 2. The highest BCUT2D eigenvalue weighted by Gasteiger charge is 2.06. The van der Waals surface area contributed by atoms with Gasteiger partial charge < -0.3 is 5.32 Å². The molecule has 1 N–H and O–H groups in total. The maximum atomic E-state index is 5.96. The predicted octanol–water partition coefficient (Wildman–Crippen LogP) is 2.81. The summed E-state index contributed by atoms with van der Waals surface area (Å²) in [6.07, 6.45) is 1.67. The van der Waals surface area contributed by atoms with Gasteiger partial charge >= 0.3 is 0 Å². The minimum atomic E-state index is 0.682. The van der Waals surface area contributed by atoms with E-state index in [0.717, 1.165) is 17.0 Å². The van der Waals surface area contributed by atoms with Gasteiger partial charge in [0.15, 0.2) is 0 Å². The van der Waals surface area contributed by atoms with Gasteiger partial charge in [0.1, 0.15) is 5.82 Å². The van der Waals surface area contributed by atoms with E-state index in [0.29, 0.717) is 5.02 Å². The first-order valence-electron chi connectivity index (χ1n) is 3.65. The summed E-state index contributed by atoms with van der Waals surface area (Å²) in [5, 5.41) is 3.64. The van der Waals surface area contributed by atoms with Crippen LogP contribution in [0.1, 0.15) is 12.5 Å². The maximum absolute atomic E-state index is 5.96. The summed E-state index contributed by atoms with van der Waals surface area (Å²) in [5.74, 6) is 0.773. The second-order valence-corrected chi connectivity index (χ2v) is 2.95. The Kier molecular flexibility index (Phi) is 2.71. The molecule has 0 bridgehead atoms. The zero-order valence-electron chi connectivity index (χ0n) is 7.19. The molecule has 0 aliphatic carbocycles. The van der Waals surface area contributed by atoms with Crippen molar-refractivity contribution >= 4 is 23.0 Å². The van der Waals surface area contributed by atoms with Crippen molar-refractivity contribution in [2.45, 2.75) is 6.92 Å². The number of pyridine rings is 1. The molecule has 0 radical (unpaired) electrons. The summed E-state index contributed by atoms with van der Waals surface area (Å²) in [5.41, 5.74) is 1.80. The van der Waals surface area contributed by atoms with Gasteiger partial charge in [0, 0.05) is 18.8 Å². The molecule has 0 saturated heterocycles. The Hall–Kier alpha value is -1.02. The third-order valence-electron chi connectivity index (χ3n) is 1.56. The van der Waals surface area contributed by atoms with E-state index in [9.17, 15) is 0 Å². The number of rotatable bonds is 2. The van der Waals surface area contributed by atoms with Crippen molar-refractivity contribution in [1.29, 1.82) is 0 Å². The standard InChI is InChI=1S/C9H11ClN2/c1-6(2)8-7(10)4-5-12-9(8)11-3/h4-5H,1H2,2-3H3,(H,11,12). The van der Waals surface area contributed by atoms with E-state index >= 15 is 0 Å². The second kappa shape index (κ2) is 3.59. The van der Waals surface area contributed by atoms with Gasteiger partial charge in [-0.3, -0.25) is 0 Å².